The summed E-state index contributed by atoms with van der Waals surface area (Å²) in [4.78, 5) is 25.5. The van der Waals surface area contributed by atoms with Crippen LogP contribution in [0.4, 0.5) is 5.69 Å². The van der Waals surface area contributed by atoms with Gasteiger partial charge < -0.3 is 4.90 Å². The Bertz CT molecular complexity index is 557. The summed E-state index contributed by atoms with van der Waals surface area (Å²) in [6.07, 6.45) is 0.988. The highest BCUT2D eigenvalue weighted by Crippen LogP contribution is 2.45. The molecular formula is C14H14BrNO2. The standard InChI is InChI=1S/C14H14BrNO2/c1-14(2)11-4-3-8(15)5-12(11)16(13(14)18)9-6-10(17)7-9/h3-5,9H,6-7H2,1-2H3. The van der Waals surface area contributed by atoms with Crippen LogP contribution in [0.3, 0.4) is 0 Å². The maximum Gasteiger partial charge on any atom is 0.237 e. The summed E-state index contributed by atoms with van der Waals surface area (Å²) in [5.74, 6) is 0.349. The van der Waals surface area contributed by atoms with Crippen molar-refractivity contribution in [3.8, 4) is 0 Å². The number of nitrogens with zero attached hydrogens (tertiary/aromatic N) is 1. The van der Waals surface area contributed by atoms with Gasteiger partial charge in [0.05, 0.1) is 11.5 Å². The lowest BCUT2D eigenvalue weighted by Gasteiger charge is -2.34. The number of Topliss-reactive ketones (excluding diaryl/α,β-unsaturated/α-hetero) is 1. The monoisotopic (exact) mass is 307 g/mol. The molecule has 1 aromatic rings. The van der Waals surface area contributed by atoms with Crippen LogP contribution < -0.4 is 4.90 Å². The molecule has 94 valence electrons. The van der Waals surface area contributed by atoms with Gasteiger partial charge in [-0.2, -0.15) is 0 Å². The molecule has 0 N–H and O–H groups in total. The van der Waals surface area contributed by atoms with Crippen molar-refractivity contribution in [2.24, 2.45) is 0 Å². The lowest BCUT2D eigenvalue weighted by molar-refractivity contribution is -0.127. The largest absolute Gasteiger partial charge is 0.307 e. The van der Waals surface area contributed by atoms with Gasteiger partial charge in [0.15, 0.2) is 0 Å². The van der Waals surface area contributed by atoms with Crippen LogP contribution in [0.1, 0.15) is 32.3 Å². The third-order valence-electron chi connectivity index (χ3n) is 3.94. The Morgan fingerprint density at radius 3 is 2.56 bits per heavy atom. The van der Waals surface area contributed by atoms with Crippen LogP contribution in [-0.2, 0) is 15.0 Å². The fourth-order valence-corrected chi connectivity index (χ4v) is 3.12. The molecule has 1 heterocycles. The Morgan fingerprint density at radius 2 is 1.94 bits per heavy atom. The van der Waals surface area contributed by atoms with Crippen molar-refractivity contribution in [1.29, 1.82) is 0 Å². The molecule has 1 saturated carbocycles. The number of carbonyl (C=O) groups is 2. The van der Waals surface area contributed by atoms with E-state index in [2.05, 4.69) is 15.9 Å². The number of halogens is 1. The van der Waals surface area contributed by atoms with Crippen LogP contribution in [0, 0.1) is 0 Å². The number of hydrogen-bond donors (Lipinski definition) is 0. The van der Waals surface area contributed by atoms with Crippen LogP contribution in [0.15, 0.2) is 22.7 Å². The number of anilines is 1. The van der Waals surface area contributed by atoms with E-state index in [4.69, 9.17) is 0 Å². The zero-order chi connectivity index (χ0) is 13.1. The Balaban J connectivity index is 2.09. The van der Waals surface area contributed by atoms with E-state index in [1.165, 1.54) is 0 Å². The maximum atomic E-state index is 12.5. The van der Waals surface area contributed by atoms with E-state index < -0.39 is 5.41 Å². The van der Waals surface area contributed by atoms with Crippen molar-refractivity contribution in [3.63, 3.8) is 0 Å². The minimum absolute atomic E-state index is 0.0554. The molecule has 0 atom stereocenters. The average Bonchev–Trinajstić information content (AvgIpc) is 2.44. The molecule has 2 aliphatic rings. The maximum absolute atomic E-state index is 12.5. The second-order valence-electron chi connectivity index (χ2n) is 5.56. The van der Waals surface area contributed by atoms with Crippen molar-refractivity contribution in [1.82, 2.24) is 0 Å². The first kappa shape index (κ1) is 11.9. The smallest absolute Gasteiger partial charge is 0.237 e. The molecule has 1 aromatic carbocycles. The Kier molecular flexibility index (Phi) is 2.43. The van der Waals surface area contributed by atoms with Gasteiger partial charge in [-0.05, 0) is 31.5 Å². The summed E-state index contributed by atoms with van der Waals surface area (Å²) >= 11 is 3.45. The van der Waals surface area contributed by atoms with Gasteiger partial charge in [0.2, 0.25) is 5.91 Å². The number of fused-ring (bicyclic) bond motifs is 1. The zero-order valence-corrected chi connectivity index (χ0v) is 12.0. The van der Waals surface area contributed by atoms with E-state index in [1.54, 1.807) is 0 Å². The Labute approximate surface area is 114 Å². The molecule has 0 unspecified atom stereocenters. The quantitative estimate of drug-likeness (QED) is 0.800. The lowest BCUT2D eigenvalue weighted by Crippen LogP contribution is -2.49. The summed E-state index contributed by atoms with van der Waals surface area (Å²) in [7, 11) is 0. The van der Waals surface area contributed by atoms with E-state index in [0.29, 0.717) is 12.8 Å². The summed E-state index contributed by atoms with van der Waals surface area (Å²) in [6, 6.07) is 5.99. The first-order valence-corrected chi connectivity index (χ1v) is 6.86. The van der Waals surface area contributed by atoms with Crippen LogP contribution >= 0.6 is 15.9 Å². The molecule has 3 nitrogen and oxygen atoms in total. The fourth-order valence-electron chi connectivity index (χ4n) is 2.77. The van der Waals surface area contributed by atoms with Gasteiger partial charge in [0, 0.05) is 23.0 Å². The molecule has 3 rings (SSSR count). The highest BCUT2D eigenvalue weighted by molar-refractivity contribution is 9.10. The van der Waals surface area contributed by atoms with Crippen LogP contribution in [0.25, 0.3) is 0 Å². The van der Waals surface area contributed by atoms with Crippen molar-refractivity contribution < 1.29 is 9.59 Å². The van der Waals surface area contributed by atoms with Gasteiger partial charge in [-0.15, -0.1) is 0 Å². The molecular weight excluding hydrogens is 294 g/mol. The Hall–Kier alpha value is -1.16. The van der Waals surface area contributed by atoms with Crippen molar-refractivity contribution in [3.05, 3.63) is 28.2 Å². The van der Waals surface area contributed by atoms with E-state index >= 15 is 0 Å². The summed E-state index contributed by atoms with van der Waals surface area (Å²) in [6.45, 7) is 3.89. The van der Waals surface area contributed by atoms with E-state index in [9.17, 15) is 9.59 Å². The molecule has 0 aromatic heterocycles. The fraction of sp³-hybridized carbons (Fsp3) is 0.429. The van der Waals surface area contributed by atoms with Gasteiger partial charge in [-0.3, -0.25) is 9.59 Å². The number of rotatable bonds is 1. The van der Waals surface area contributed by atoms with E-state index in [0.717, 1.165) is 15.7 Å². The summed E-state index contributed by atoms with van der Waals surface area (Å²) in [5, 5.41) is 0. The molecule has 0 radical (unpaired) electrons. The minimum Gasteiger partial charge on any atom is -0.307 e. The van der Waals surface area contributed by atoms with E-state index in [-0.39, 0.29) is 17.7 Å². The molecule has 18 heavy (non-hydrogen) atoms. The molecule has 0 saturated heterocycles. The highest BCUT2D eigenvalue weighted by atomic mass is 79.9. The highest BCUT2D eigenvalue weighted by Gasteiger charge is 2.48. The van der Waals surface area contributed by atoms with Crippen molar-refractivity contribution >= 4 is 33.3 Å². The molecule has 0 spiro atoms. The number of amides is 1. The predicted octanol–water partition coefficient (Wildman–Crippen LogP) is 2.80. The lowest BCUT2D eigenvalue weighted by atomic mass is 9.86. The summed E-state index contributed by atoms with van der Waals surface area (Å²) < 4.78 is 0.961. The van der Waals surface area contributed by atoms with Crippen molar-refractivity contribution in [2.75, 3.05) is 4.90 Å². The molecule has 4 heteroatoms. The average molecular weight is 308 g/mol. The second-order valence-corrected chi connectivity index (χ2v) is 6.48. The number of ketones is 1. The third kappa shape index (κ3) is 1.48. The van der Waals surface area contributed by atoms with Gasteiger partial charge in [-0.1, -0.05) is 22.0 Å². The first-order valence-electron chi connectivity index (χ1n) is 6.06. The number of carbonyl (C=O) groups excluding carboxylic acids is 2. The van der Waals surface area contributed by atoms with Crippen LogP contribution in [0.2, 0.25) is 0 Å². The van der Waals surface area contributed by atoms with Gasteiger partial charge in [-0.25, -0.2) is 0 Å². The first-order chi connectivity index (χ1) is 8.41. The number of hydrogen-bond acceptors (Lipinski definition) is 2. The number of benzene rings is 1. The van der Waals surface area contributed by atoms with Gasteiger partial charge >= 0.3 is 0 Å². The van der Waals surface area contributed by atoms with Gasteiger partial charge in [0.1, 0.15) is 5.78 Å². The molecule has 1 aliphatic heterocycles. The van der Waals surface area contributed by atoms with E-state index in [1.807, 2.05) is 36.9 Å². The normalized spacial score (nSPS) is 22.1. The second kappa shape index (κ2) is 3.67. The molecule has 1 fully saturated rings. The zero-order valence-electron chi connectivity index (χ0n) is 10.4. The third-order valence-corrected chi connectivity index (χ3v) is 4.43. The van der Waals surface area contributed by atoms with Gasteiger partial charge in [0.25, 0.3) is 0 Å². The van der Waals surface area contributed by atoms with Crippen LogP contribution in [0.5, 0.6) is 0 Å². The SMILES string of the molecule is CC1(C)C(=O)N(C2CC(=O)C2)c2cc(Br)ccc21. The topological polar surface area (TPSA) is 37.4 Å². The summed E-state index contributed by atoms with van der Waals surface area (Å²) in [5.41, 5.74) is 1.52. The minimum atomic E-state index is -0.491. The van der Waals surface area contributed by atoms with Crippen molar-refractivity contribution in [2.45, 2.75) is 38.1 Å². The molecule has 1 amide bonds. The molecule has 1 aliphatic carbocycles. The molecule has 0 bridgehead atoms. The Morgan fingerprint density at radius 1 is 1.28 bits per heavy atom. The predicted molar refractivity (Wildman–Crippen MR) is 72.7 cm³/mol. The van der Waals surface area contributed by atoms with Crippen LogP contribution in [-0.4, -0.2) is 17.7 Å².